The molecule has 5 nitrogen and oxygen atoms in total. The van der Waals surface area contributed by atoms with Crippen molar-refractivity contribution in [2.45, 2.75) is 0 Å². The maximum Gasteiger partial charge on any atom is 0.353 e. The van der Waals surface area contributed by atoms with Crippen LogP contribution in [0.2, 0.25) is 0 Å². The number of carboxylic acids is 1. The topological polar surface area (TPSA) is 92.9 Å². The molecule has 5 N–H and O–H groups in total. The van der Waals surface area contributed by atoms with Crippen molar-refractivity contribution in [3.05, 3.63) is 24.0 Å². The van der Waals surface area contributed by atoms with Crippen molar-refractivity contribution in [3.8, 4) is 0 Å². The molecule has 1 aliphatic heterocycles. The molecule has 0 unspecified atom stereocenters. The van der Waals surface area contributed by atoms with Crippen molar-refractivity contribution in [1.29, 1.82) is 0 Å². The van der Waals surface area contributed by atoms with Crippen LogP contribution in [-0.2, 0) is 4.79 Å². The van der Waals surface area contributed by atoms with Crippen molar-refractivity contribution >= 4 is 5.97 Å². The quantitative estimate of drug-likeness (QED) is 0.428. The predicted octanol–water partition coefficient (Wildman–Crippen LogP) is -1.25. The summed E-state index contributed by atoms with van der Waals surface area (Å²) in [7, 11) is 0. The molecular formula is C5H8N2O3. The van der Waals surface area contributed by atoms with E-state index in [1.54, 1.807) is 12.3 Å². The Morgan fingerprint density at radius 1 is 1.60 bits per heavy atom. The van der Waals surface area contributed by atoms with Crippen molar-refractivity contribution in [2.24, 2.45) is 0 Å². The van der Waals surface area contributed by atoms with Crippen LogP contribution in [0.4, 0.5) is 0 Å². The average Bonchev–Trinajstić information content (AvgIpc) is 1.90. The Bertz CT molecular complexity index is 185. The van der Waals surface area contributed by atoms with Gasteiger partial charge in [0.1, 0.15) is 5.70 Å². The molecule has 0 fully saturated rings. The summed E-state index contributed by atoms with van der Waals surface area (Å²) in [6.45, 7) is 0. The van der Waals surface area contributed by atoms with Crippen LogP contribution in [0, 0.1) is 0 Å². The molecule has 0 saturated heterocycles. The van der Waals surface area contributed by atoms with Gasteiger partial charge in [0, 0.05) is 6.20 Å². The molecule has 0 aromatic carbocycles. The number of hydrazine groups is 1. The minimum atomic E-state index is -0.966. The fourth-order valence-corrected chi connectivity index (χ4v) is 0.478. The molecule has 5 heteroatoms. The molecule has 0 aliphatic carbocycles. The Hall–Kier alpha value is -1.49. The monoisotopic (exact) mass is 144 g/mol. The van der Waals surface area contributed by atoms with Crippen molar-refractivity contribution in [3.63, 3.8) is 0 Å². The molecular weight excluding hydrogens is 136 g/mol. The highest BCUT2D eigenvalue weighted by molar-refractivity contribution is 5.86. The van der Waals surface area contributed by atoms with Gasteiger partial charge in [-0.1, -0.05) is 0 Å². The van der Waals surface area contributed by atoms with Crippen molar-refractivity contribution in [2.75, 3.05) is 0 Å². The summed E-state index contributed by atoms with van der Waals surface area (Å²) in [5.41, 5.74) is 5.13. The molecule has 0 aromatic rings. The third-order valence-electron chi connectivity index (χ3n) is 0.880. The zero-order valence-electron chi connectivity index (χ0n) is 5.09. The van der Waals surface area contributed by atoms with Gasteiger partial charge in [0.25, 0.3) is 0 Å². The van der Waals surface area contributed by atoms with E-state index in [0.29, 0.717) is 0 Å². The van der Waals surface area contributed by atoms with Gasteiger partial charge in [-0.15, -0.1) is 0 Å². The average molecular weight is 144 g/mol. The summed E-state index contributed by atoms with van der Waals surface area (Å²) in [4.78, 5) is 10.1. The summed E-state index contributed by atoms with van der Waals surface area (Å²) < 4.78 is 0. The molecule has 10 heavy (non-hydrogen) atoms. The zero-order valence-corrected chi connectivity index (χ0v) is 5.09. The van der Waals surface area contributed by atoms with Crippen LogP contribution in [0.3, 0.4) is 0 Å². The van der Waals surface area contributed by atoms with E-state index in [1.165, 1.54) is 6.08 Å². The van der Waals surface area contributed by atoms with E-state index in [1.807, 2.05) is 0 Å². The van der Waals surface area contributed by atoms with Gasteiger partial charge in [-0.05, 0) is 12.2 Å². The van der Waals surface area contributed by atoms with Crippen LogP contribution < -0.4 is 10.9 Å². The van der Waals surface area contributed by atoms with E-state index in [-0.39, 0.29) is 11.2 Å². The minimum Gasteiger partial charge on any atom is -0.477 e. The molecule has 1 aliphatic rings. The molecule has 56 valence electrons. The number of hydrogen-bond acceptors (Lipinski definition) is 3. The number of nitrogens with one attached hydrogen (secondary N) is 2. The predicted molar refractivity (Wildman–Crippen MR) is 34.7 cm³/mol. The number of allylic oxidation sites excluding steroid dienone is 2. The Balaban J connectivity index is 0.000000810. The van der Waals surface area contributed by atoms with E-state index >= 15 is 0 Å². The molecule has 0 radical (unpaired) electrons. The lowest BCUT2D eigenvalue weighted by Crippen LogP contribution is -2.31. The first kappa shape index (κ1) is 8.51. The molecule has 0 saturated carbocycles. The standard InChI is InChI=1S/C5H6N2O2.H2O/c8-5(9)4-2-1-3-6-7-4;/h1-3,6-7H,(H,8,9);1H2. The summed E-state index contributed by atoms with van der Waals surface area (Å²) in [6, 6.07) is 0. The number of rotatable bonds is 1. The maximum atomic E-state index is 10.1. The number of carbonyl (C=O) groups is 1. The third-order valence-corrected chi connectivity index (χ3v) is 0.880. The lowest BCUT2D eigenvalue weighted by Gasteiger charge is -2.07. The molecule has 0 amide bonds. The summed E-state index contributed by atoms with van der Waals surface area (Å²) >= 11 is 0. The highest BCUT2D eigenvalue weighted by Crippen LogP contribution is 1.91. The maximum absolute atomic E-state index is 10.1. The summed E-state index contributed by atoms with van der Waals surface area (Å²) in [5, 5.41) is 8.33. The molecule has 0 spiro atoms. The molecule has 1 heterocycles. The Labute approximate surface area is 57.3 Å². The number of hydrogen-bond donors (Lipinski definition) is 3. The van der Waals surface area contributed by atoms with Gasteiger partial charge < -0.3 is 16.0 Å². The van der Waals surface area contributed by atoms with Gasteiger partial charge >= 0.3 is 5.97 Å². The van der Waals surface area contributed by atoms with Gasteiger partial charge in [-0.2, -0.15) is 0 Å². The van der Waals surface area contributed by atoms with Crippen LogP contribution in [0.1, 0.15) is 0 Å². The van der Waals surface area contributed by atoms with Gasteiger partial charge in [0.05, 0.1) is 0 Å². The van der Waals surface area contributed by atoms with Crippen molar-refractivity contribution < 1.29 is 15.4 Å². The van der Waals surface area contributed by atoms with E-state index in [9.17, 15) is 4.79 Å². The van der Waals surface area contributed by atoms with E-state index in [4.69, 9.17) is 5.11 Å². The SMILES string of the molecule is O.O=C(O)C1=CC=CNN1. The first-order valence-corrected chi connectivity index (χ1v) is 2.42. The summed E-state index contributed by atoms with van der Waals surface area (Å²) in [5.74, 6) is -0.966. The molecule has 1 rings (SSSR count). The van der Waals surface area contributed by atoms with E-state index in [2.05, 4.69) is 10.9 Å². The van der Waals surface area contributed by atoms with Gasteiger partial charge in [0.2, 0.25) is 0 Å². The Morgan fingerprint density at radius 2 is 2.30 bits per heavy atom. The Morgan fingerprint density at radius 3 is 2.60 bits per heavy atom. The van der Waals surface area contributed by atoms with E-state index < -0.39 is 5.97 Å². The zero-order chi connectivity index (χ0) is 6.69. The number of aliphatic carboxylic acids is 1. The van der Waals surface area contributed by atoms with Gasteiger partial charge in [-0.25, -0.2) is 4.79 Å². The third kappa shape index (κ3) is 1.79. The highest BCUT2D eigenvalue weighted by atomic mass is 16.4. The normalized spacial score (nSPS) is 13.8. The van der Waals surface area contributed by atoms with Crippen LogP contribution in [-0.4, -0.2) is 16.6 Å². The first-order chi connectivity index (χ1) is 4.30. The Kier molecular flexibility index (Phi) is 2.99. The van der Waals surface area contributed by atoms with E-state index in [0.717, 1.165) is 0 Å². The number of carboxylic acid groups (broad SMARTS) is 1. The van der Waals surface area contributed by atoms with Crippen LogP contribution >= 0.6 is 0 Å². The minimum absolute atomic E-state index is 0. The fraction of sp³-hybridized carbons (Fsp3) is 0. The molecule has 0 bridgehead atoms. The second kappa shape index (κ2) is 3.52. The van der Waals surface area contributed by atoms with Crippen LogP contribution in [0.5, 0.6) is 0 Å². The van der Waals surface area contributed by atoms with Gasteiger partial charge in [0.15, 0.2) is 0 Å². The lowest BCUT2D eigenvalue weighted by molar-refractivity contribution is -0.133. The van der Waals surface area contributed by atoms with Crippen LogP contribution in [0.25, 0.3) is 0 Å². The van der Waals surface area contributed by atoms with Crippen LogP contribution in [0.15, 0.2) is 24.0 Å². The highest BCUT2D eigenvalue weighted by Gasteiger charge is 2.04. The smallest absolute Gasteiger partial charge is 0.353 e. The van der Waals surface area contributed by atoms with Gasteiger partial charge in [-0.3, -0.25) is 5.43 Å². The lowest BCUT2D eigenvalue weighted by atomic mass is 10.4. The largest absolute Gasteiger partial charge is 0.477 e. The molecule has 0 atom stereocenters. The second-order valence-corrected chi connectivity index (χ2v) is 1.51. The summed E-state index contributed by atoms with van der Waals surface area (Å²) in [6.07, 6.45) is 4.69. The first-order valence-electron chi connectivity index (χ1n) is 2.42. The fourth-order valence-electron chi connectivity index (χ4n) is 0.478. The van der Waals surface area contributed by atoms with Crippen molar-refractivity contribution in [1.82, 2.24) is 10.9 Å². The molecule has 0 aromatic heterocycles. The second-order valence-electron chi connectivity index (χ2n) is 1.51.